The molecule has 2 aliphatic heterocycles. The normalized spacial score (nSPS) is 21.2. The van der Waals surface area contributed by atoms with E-state index in [1.165, 1.54) is 5.56 Å². The van der Waals surface area contributed by atoms with E-state index in [-0.39, 0.29) is 42.6 Å². The van der Waals surface area contributed by atoms with Gasteiger partial charge < -0.3 is 15.5 Å². The van der Waals surface area contributed by atoms with Gasteiger partial charge in [0.1, 0.15) is 6.54 Å². The first-order chi connectivity index (χ1) is 13.2. The number of carbonyl (C=O) groups is 2. The zero-order chi connectivity index (χ0) is 18.8. The lowest BCUT2D eigenvalue weighted by Crippen LogP contribution is -2.44. The van der Waals surface area contributed by atoms with Crippen LogP contribution in [0.1, 0.15) is 23.5 Å². The van der Waals surface area contributed by atoms with Crippen LogP contribution in [0, 0.1) is 5.92 Å². The molecule has 0 bridgehead atoms. The summed E-state index contributed by atoms with van der Waals surface area (Å²) in [5, 5.41) is 0. The molecule has 0 radical (unpaired) electrons. The summed E-state index contributed by atoms with van der Waals surface area (Å²) in [6.45, 7) is 1.97. The van der Waals surface area contributed by atoms with E-state index in [0.717, 1.165) is 17.7 Å². The molecule has 6 heteroatoms. The van der Waals surface area contributed by atoms with Gasteiger partial charge in [0.25, 0.3) is 0 Å². The van der Waals surface area contributed by atoms with E-state index in [1.807, 2.05) is 47.4 Å². The highest BCUT2D eigenvalue weighted by atomic mass is 35.5. The minimum Gasteiger partial charge on any atom is -0.340 e. The SMILES string of the molecule is Cl.NC[C@@H]1CN(C(=O)CN2C(=O)CCc3ccccc32)C[C@H]1c1ccccc1. The van der Waals surface area contributed by atoms with Crippen molar-refractivity contribution in [2.24, 2.45) is 11.7 Å². The van der Waals surface area contributed by atoms with Crippen LogP contribution >= 0.6 is 12.4 Å². The standard InChI is InChI=1S/C22H25N3O2.ClH/c23-12-18-13-24(14-19(18)16-6-2-1-3-7-16)22(27)15-25-20-9-5-4-8-17(20)10-11-21(25)26;/h1-9,18-19H,10-15,23H2;1H/t18-,19+;/m1./s1. The fourth-order valence-corrected chi connectivity index (χ4v) is 4.30. The van der Waals surface area contributed by atoms with E-state index in [4.69, 9.17) is 5.73 Å². The van der Waals surface area contributed by atoms with Gasteiger partial charge in [0.15, 0.2) is 0 Å². The highest BCUT2D eigenvalue weighted by Gasteiger charge is 2.36. The Bertz CT molecular complexity index is 843. The molecule has 2 aromatic carbocycles. The van der Waals surface area contributed by atoms with Gasteiger partial charge >= 0.3 is 0 Å². The number of anilines is 1. The number of amides is 2. The van der Waals surface area contributed by atoms with Gasteiger partial charge in [-0.3, -0.25) is 9.59 Å². The molecule has 0 aliphatic carbocycles. The molecule has 2 aromatic rings. The first-order valence-corrected chi connectivity index (χ1v) is 9.58. The molecule has 2 atom stereocenters. The number of aryl methyl sites for hydroxylation is 1. The summed E-state index contributed by atoms with van der Waals surface area (Å²) in [6, 6.07) is 18.1. The molecular formula is C22H26ClN3O2. The predicted molar refractivity (Wildman–Crippen MR) is 113 cm³/mol. The average Bonchev–Trinajstić information content (AvgIpc) is 3.15. The number of benzene rings is 2. The first kappa shape index (κ1) is 20.4. The third-order valence-electron chi connectivity index (χ3n) is 5.81. The number of rotatable bonds is 4. The van der Waals surface area contributed by atoms with Crippen molar-refractivity contribution in [2.45, 2.75) is 18.8 Å². The molecule has 4 rings (SSSR count). The van der Waals surface area contributed by atoms with Gasteiger partial charge in [-0.15, -0.1) is 12.4 Å². The number of hydrogen-bond donors (Lipinski definition) is 1. The fraction of sp³-hybridized carbons (Fsp3) is 0.364. The van der Waals surface area contributed by atoms with Crippen molar-refractivity contribution in [2.75, 3.05) is 31.1 Å². The second-order valence-corrected chi connectivity index (χ2v) is 7.42. The van der Waals surface area contributed by atoms with Crippen molar-refractivity contribution in [3.63, 3.8) is 0 Å². The largest absolute Gasteiger partial charge is 0.340 e. The molecule has 28 heavy (non-hydrogen) atoms. The van der Waals surface area contributed by atoms with Crippen molar-refractivity contribution in [1.29, 1.82) is 0 Å². The van der Waals surface area contributed by atoms with Crippen molar-refractivity contribution in [3.8, 4) is 0 Å². The lowest BCUT2D eigenvalue weighted by Gasteiger charge is -2.30. The molecule has 2 aliphatic rings. The Kier molecular flexibility index (Phi) is 6.37. The zero-order valence-corrected chi connectivity index (χ0v) is 16.6. The highest BCUT2D eigenvalue weighted by molar-refractivity contribution is 6.01. The van der Waals surface area contributed by atoms with E-state index in [1.54, 1.807) is 4.90 Å². The van der Waals surface area contributed by atoms with Crippen molar-refractivity contribution < 1.29 is 9.59 Å². The molecule has 1 fully saturated rings. The van der Waals surface area contributed by atoms with E-state index in [0.29, 0.717) is 26.1 Å². The van der Waals surface area contributed by atoms with Crippen LogP contribution in [-0.2, 0) is 16.0 Å². The molecule has 1 saturated heterocycles. The van der Waals surface area contributed by atoms with Crippen LogP contribution in [0.5, 0.6) is 0 Å². The third kappa shape index (κ3) is 3.91. The van der Waals surface area contributed by atoms with Gasteiger partial charge in [0, 0.05) is 31.1 Å². The smallest absolute Gasteiger partial charge is 0.242 e. The number of para-hydroxylation sites is 1. The van der Waals surface area contributed by atoms with E-state index in [2.05, 4.69) is 12.1 Å². The predicted octanol–water partition coefficient (Wildman–Crippen LogP) is 2.59. The summed E-state index contributed by atoms with van der Waals surface area (Å²) in [5.41, 5.74) is 9.22. The van der Waals surface area contributed by atoms with Gasteiger partial charge in [-0.25, -0.2) is 0 Å². The molecule has 2 amide bonds. The molecule has 0 aromatic heterocycles. The van der Waals surface area contributed by atoms with Gasteiger partial charge in [-0.1, -0.05) is 48.5 Å². The molecule has 0 spiro atoms. The Morgan fingerprint density at radius 1 is 1.00 bits per heavy atom. The monoisotopic (exact) mass is 399 g/mol. The average molecular weight is 400 g/mol. The first-order valence-electron chi connectivity index (χ1n) is 9.58. The maximum Gasteiger partial charge on any atom is 0.242 e. The van der Waals surface area contributed by atoms with Crippen LogP contribution < -0.4 is 10.6 Å². The van der Waals surface area contributed by atoms with Crippen LogP contribution in [0.4, 0.5) is 5.69 Å². The number of nitrogens with zero attached hydrogens (tertiary/aromatic N) is 2. The third-order valence-corrected chi connectivity index (χ3v) is 5.81. The van der Waals surface area contributed by atoms with Crippen LogP contribution in [0.15, 0.2) is 54.6 Å². The molecule has 0 unspecified atom stereocenters. The maximum absolute atomic E-state index is 13.0. The van der Waals surface area contributed by atoms with Gasteiger partial charge in [0.2, 0.25) is 11.8 Å². The minimum absolute atomic E-state index is 0. The number of fused-ring (bicyclic) bond motifs is 1. The topological polar surface area (TPSA) is 66.6 Å². The number of nitrogens with two attached hydrogens (primary N) is 1. The minimum atomic E-state index is -0.00284. The van der Waals surface area contributed by atoms with Crippen molar-refractivity contribution in [3.05, 3.63) is 65.7 Å². The molecule has 148 valence electrons. The van der Waals surface area contributed by atoms with Crippen LogP contribution in [0.3, 0.4) is 0 Å². The summed E-state index contributed by atoms with van der Waals surface area (Å²) in [7, 11) is 0. The molecule has 5 nitrogen and oxygen atoms in total. The Morgan fingerprint density at radius 2 is 1.71 bits per heavy atom. The molecular weight excluding hydrogens is 374 g/mol. The van der Waals surface area contributed by atoms with Crippen LogP contribution in [-0.4, -0.2) is 42.9 Å². The lowest BCUT2D eigenvalue weighted by atomic mass is 9.89. The van der Waals surface area contributed by atoms with Crippen LogP contribution in [0.2, 0.25) is 0 Å². The second kappa shape index (κ2) is 8.76. The summed E-state index contributed by atoms with van der Waals surface area (Å²) in [5.74, 6) is 0.526. The number of carbonyl (C=O) groups excluding carboxylic acids is 2. The quantitative estimate of drug-likeness (QED) is 0.859. The second-order valence-electron chi connectivity index (χ2n) is 7.42. The van der Waals surface area contributed by atoms with E-state index in [9.17, 15) is 9.59 Å². The van der Waals surface area contributed by atoms with Gasteiger partial charge in [0.05, 0.1) is 0 Å². The zero-order valence-electron chi connectivity index (χ0n) is 15.8. The molecule has 0 saturated carbocycles. The van der Waals surface area contributed by atoms with Gasteiger partial charge in [-0.2, -0.15) is 0 Å². The fourth-order valence-electron chi connectivity index (χ4n) is 4.30. The van der Waals surface area contributed by atoms with Crippen molar-refractivity contribution >= 4 is 29.9 Å². The van der Waals surface area contributed by atoms with Crippen molar-refractivity contribution in [1.82, 2.24) is 4.90 Å². The van der Waals surface area contributed by atoms with Crippen LogP contribution in [0.25, 0.3) is 0 Å². The maximum atomic E-state index is 13.0. The summed E-state index contributed by atoms with van der Waals surface area (Å²) < 4.78 is 0. The Labute approximate surface area is 171 Å². The summed E-state index contributed by atoms with van der Waals surface area (Å²) in [6.07, 6.45) is 1.21. The number of halogens is 1. The lowest BCUT2D eigenvalue weighted by molar-refractivity contribution is -0.130. The van der Waals surface area contributed by atoms with Gasteiger partial charge in [-0.05, 0) is 36.1 Å². The number of likely N-dealkylation sites (tertiary alicyclic amines) is 1. The Balaban J connectivity index is 0.00000225. The van der Waals surface area contributed by atoms with E-state index >= 15 is 0 Å². The molecule has 2 heterocycles. The Hall–Kier alpha value is -2.37. The number of hydrogen-bond acceptors (Lipinski definition) is 3. The highest BCUT2D eigenvalue weighted by Crippen LogP contribution is 2.33. The molecule has 2 N–H and O–H groups in total. The summed E-state index contributed by atoms with van der Waals surface area (Å²) >= 11 is 0. The Morgan fingerprint density at radius 3 is 2.46 bits per heavy atom. The summed E-state index contributed by atoms with van der Waals surface area (Å²) in [4.78, 5) is 29.0. The van der Waals surface area contributed by atoms with E-state index < -0.39 is 0 Å².